The highest BCUT2D eigenvalue weighted by molar-refractivity contribution is 6.39. The van der Waals surface area contributed by atoms with Crippen LogP contribution in [0.5, 0.6) is 11.5 Å². The fourth-order valence-electron chi connectivity index (χ4n) is 18.5. The lowest BCUT2D eigenvalue weighted by Gasteiger charge is -2.28. The Balaban J connectivity index is 0.000000107. The molecule has 0 amide bonds. The highest BCUT2D eigenvalue weighted by atomic mass is 27.3. The first-order valence-electron chi connectivity index (χ1n) is 39.4. The number of aryl methyl sites for hydroxylation is 1. The van der Waals surface area contributed by atoms with Crippen LogP contribution in [0.2, 0.25) is 0 Å². The fraction of sp³-hybridized carbons (Fsp3) is 0.0278. The summed E-state index contributed by atoms with van der Waals surface area (Å²) in [7, 11) is 0. The molecule has 1 aliphatic heterocycles. The summed E-state index contributed by atoms with van der Waals surface area (Å²) in [4.78, 5) is 13.7. The summed E-state index contributed by atoms with van der Waals surface area (Å²) in [6.07, 6.45) is 15.4. The quantitative estimate of drug-likeness (QED) is 0.101. The van der Waals surface area contributed by atoms with E-state index >= 15 is 0 Å². The van der Waals surface area contributed by atoms with Gasteiger partial charge in [0, 0.05) is 35.3 Å². The van der Waals surface area contributed by atoms with Crippen LogP contribution in [-0.4, -0.2) is 37.4 Å². The third-order valence-electron chi connectivity index (χ3n) is 23.6. The SMILES string of the molecule is C1=CC2C=CC=C([O][Al]([O]c3cccc4cccnc34)[O]c3cccc4cccnc34)C2N=C1.Cc1ccc2c(-c3ccc4ccccc4c3)c3ccccc3c(-c3ccc4ccccc4c3)c2c1.c1ccc2c(c1)-c1cccc3c(-c4c5ccccc5c(-c5ccc6c7c(cccc57)-c5ccccc5-6)c5ccccc45)ccc-2c13. The molecule has 2 aromatic heterocycles. The van der Waals surface area contributed by atoms with Gasteiger partial charge in [-0.05, 0) is 231 Å². The maximum Gasteiger partial charge on any atom is 1.20 e. The van der Waals surface area contributed by atoms with Crippen molar-refractivity contribution in [2.45, 2.75) is 13.0 Å². The Kier molecular flexibility index (Phi) is 16.5. The molecule has 24 rings (SSSR count). The second-order valence-corrected chi connectivity index (χ2v) is 31.4. The molecule has 0 fully saturated rings. The predicted molar refractivity (Wildman–Crippen MR) is 482 cm³/mol. The van der Waals surface area contributed by atoms with Crippen LogP contribution >= 0.6 is 0 Å². The Bertz CT molecular complexity index is 7180. The number of nitrogens with zero attached hydrogens (tertiary/aromatic N) is 3. The van der Waals surface area contributed by atoms with Crippen LogP contribution in [-0.2, 0) is 3.79 Å². The summed E-state index contributed by atoms with van der Waals surface area (Å²) in [5.74, 6) is 2.13. The minimum Gasteiger partial charge on any atom is -0.579 e. The van der Waals surface area contributed by atoms with Crippen LogP contribution in [0.3, 0.4) is 0 Å². The Hall–Kier alpha value is -14.3. The predicted octanol–water partition coefficient (Wildman–Crippen LogP) is 28.2. The Morgan fingerprint density at radius 2 is 0.661 bits per heavy atom. The number of fused-ring (bicyclic) bond motifs is 15. The molecule has 20 aromatic rings. The van der Waals surface area contributed by atoms with Gasteiger partial charge < -0.3 is 11.4 Å². The van der Waals surface area contributed by atoms with Crippen LogP contribution in [0.4, 0.5) is 0 Å². The number of rotatable bonds is 10. The molecular formula is C108H70AlN3O3. The summed E-state index contributed by atoms with van der Waals surface area (Å²) >= 11 is -2.82. The topological polar surface area (TPSA) is 65.8 Å². The Morgan fingerprint density at radius 1 is 0.278 bits per heavy atom. The van der Waals surface area contributed by atoms with E-state index in [1.807, 2.05) is 78.9 Å². The van der Waals surface area contributed by atoms with Crippen LogP contribution in [0.15, 0.2) is 399 Å². The summed E-state index contributed by atoms with van der Waals surface area (Å²) in [6.45, 7) is 2.19. The monoisotopic (exact) mass is 1480 g/mol. The van der Waals surface area contributed by atoms with E-state index in [0.717, 1.165) is 27.6 Å². The second kappa shape index (κ2) is 28.2. The molecule has 0 radical (unpaired) electrons. The number of hydrogen-bond acceptors (Lipinski definition) is 6. The van der Waals surface area contributed by atoms with Crippen molar-refractivity contribution in [1.29, 1.82) is 0 Å². The zero-order valence-electron chi connectivity index (χ0n) is 62.8. The molecule has 538 valence electrons. The number of aliphatic imine (C=N–C) groups is 1. The number of aromatic nitrogens is 2. The third kappa shape index (κ3) is 11.6. The van der Waals surface area contributed by atoms with Crippen molar-refractivity contribution < 1.29 is 11.4 Å². The van der Waals surface area contributed by atoms with Crippen molar-refractivity contribution in [2.24, 2.45) is 10.9 Å². The van der Waals surface area contributed by atoms with Gasteiger partial charge in [-0.2, -0.15) is 0 Å². The van der Waals surface area contributed by atoms with Crippen LogP contribution < -0.4 is 7.58 Å². The number of allylic oxidation sites excluding steroid dienone is 3. The van der Waals surface area contributed by atoms with Gasteiger partial charge in [0.1, 0.15) is 28.6 Å². The molecule has 0 N–H and O–H groups in total. The molecule has 2 unspecified atom stereocenters. The summed E-state index contributed by atoms with van der Waals surface area (Å²) in [5, 5.41) is 22.8. The number of benzene rings is 18. The van der Waals surface area contributed by atoms with Crippen LogP contribution in [0, 0.1) is 12.8 Å². The van der Waals surface area contributed by atoms with Crippen molar-refractivity contribution in [1.82, 2.24) is 9.97 Å². The highest BCUT2D eigenvalue weighted by Gasteiger charge is 2.48. The van der Waals surface area contributed by atoms with Gasteiger partial charge in [0.25, 0.3) is 0 Å². The van der Waals surface area contributed by atoms with Gasteiger partial charge in [-0.1, -0.05) is 333 Å². The van der Waals surface area contributed by atoms with Crippen molar-refractivity contribution in [2.75, 3.05) is 0 Å². The normalized spacial score (nSPS) is 13.9. The molecule has 0 bridgehead atoms. The Morgan fingerprint density at radius 3 is 1.17 bits per heavy atom. The number of hydrogen-bond donors (Lipinski definition) is 0. The lowest BCUT2D eigenvalue weighted by Crippen LogP contribution is -2.37. The third-order valence-corrected chi connectivity index (χ3v) is 25.0. The van der Waals surface area contributed by atoms with Crippen LogP contribution in [0.1, 0.15) is 5.56 Å². The first-order chi connectivity index (χ1) is 57.0. The van der Waals surface area contributed by atoms with E-state index in [2.05, 4.69) is 319 Å². The first-order valence-corrected chi connectivity index (χ1v) is 40.8. The minimum atomic E-state index is -2.82. The average molecular weight is 1480 g/mol. The van der Waals surface area contributed by atoms with Gasteiger partial charge in [0.15, 0.2) is 0 Å². The molecule has 18 aromatic carbocycles. The molecule has 0 spiro atoms. The molecule has 0 saturated heterocycles. The van der Waals surface area contributed by atoms with E-state index < -0.39 is 15.1 Å². The van der Waals surface area contributed by atoms with Crippen molar-refractivity contribution in [3.63, 3.8) is 0 Å². The molecule has 4 aliphatic rings. The summed E-state index contributed by atoms with van der Waals surface area (Å²) < 4.78 is 19.3. The van der Waals surface area contributed by atoms with E-state index in [0.29, 0.717) is 11.5 Å². The maximum atomic E-state index is 6.47. The summed E-state index contributed by atoms with van der Waals surface area (Å²) in [6, 6.07) is 125. The van der Waals surface area contributed by atoms with Gasteiger partial charge in [0.05, 0.1) is 5.76 Å². The van der Waals surface area contributed by atoms with Gasteiger partial charge in [0.2, 0.25) is 0 Å². The number of para-hydroxylation sites is 2. The molecule has 3 aliphatic carbocycles. The van der Waals surface area contributed by atoms with Gasteiger partial charge in [-0.25, -0.2) is 0 Å². The number of pyridine rings is 2. The fourth-order valence-corrected chi connectivity index (χ4v) is 19.9. The van der Waals surface area contributed by atoms with E-state index in [-0.39, 0.29) is 12.0 Å². The van der Waals surface area contributed by atoms with E-state index in [1.165, 1.54) is 181 Å². The van der Waals surface area contributed by atoms with Crippen molar-refractivity contribution in [3.8, 4) is 101 Å². The zero-order valence-corrected chi connectivity index (χ0v) is 64.0. The van der Waals surface area contributed by atoms with Gasteiger partial charge >= 0.3 is 15.1 Å². The van der Waals surface area contributed by atoms with Gasteiger partial charge in [-0.3, -0.25) is 15.0 Å². The van der Waals surface area contributed by atoms with E-state index in [1.54, 1.807) is 18.6 Å². The molecule has 115 heavy (non-hydrogen) atoms. The Labute approximate surface area is 670 Å². The number of dihydropyridines is 1. The average Bonchev–Trinajstić information content (AvgIpc) is 1.01. The van der Waals surface area contributed by atoms with Crippen LogP contribution in [0.25, 0.3) is 197 Å². The minimum absolute atomic E-state index is 0.131. The molecule has 3 heterocycles. The smallest absolute Gasteiger partial charge is 0.579 e. The van der Waals surface area contributed by atoms with Crippen molar-refractivity contribution >= 4 is 129 Å². The molecule has 7 heteroatoms. The maximum absolute atomic E-state index is 6.47. The lowest BCUT2D eigenvalue weighted by atomic mass is 9.83. The van der Waals surface area contributed by atoms with Gasteiger partial charge in [-0.15, -0.1) is 0 Å². The zero-order chi connectivity index (χ0) is 76.0. The molecule has 0 saturated carbocycles. The standard InChI is InChI=1S/C46H26.C35H24.C9H9NO.2C9H7NO.Al/c1-3-13-29-27(11-1)31-19-9-21-37-41(25-23-39(29)43(31)37)45-33-15-5-7-17-35(33)46(36-18-8-6-16-34(36)45)42-26-24-40-30-14-4-2-12-28(30)32-20-10-22-38(42)44(32)40;1-23-14-19-32-33(20-23)35(29-18-16-25-9-3-5-11-27(25)22-29)31-13-7-6-12-30(31)34(32)28-17-15-24-8-2-4-10-26(24)21-28;3*11-8-5-1-3-7-4-2-6-10-9(7)8;/h1-26H;2-22H,1H3;1-7,9,11H;2*1-6,11H;/q;;;;;+3/p-3. The van der Waals surface area contributed by atoms with E-state index in [4.69, 9.17) is 11.4 Å². The highest BCUT2D eigenvalue weighted by Crippen LogP contribution is 2.55. The lowest BCUT2D eigenvalue weighted by molar-refractivity contribution is 0.238. The molecule has 6 nitrogen and oxygen atoms in total. The van der Waals surface area contributed by atoms with E-state index in [9.17, 15) is 0 Å². The molecular weight excluding hydrogens is 1410 g/mol. The van der Waals surface area contributed by atoms with Crippen molar-refractivity contribution in [3.05, 3.63) is 400 Å². The second-order valence-electron chi connectivity index (χ2n) is 30.1. The molecule has 2 atom stereocenters. The summed E-state index contributed by atoms with van der Waals surface area (Å²) in [5.41, 5.74) is 23.9. The first kappa shape index (κ1) is 67.6. The largest absolute Gasteiger partial charge is 1.20 e.